The summed E-state index contributed by atoms with van der Waals surface area (Å²) < 4.78 is 0. The molecule has 6 aromatic rings. The zero-order valence-electron chi connectivity index (χ0n) is 27.1. The fourth-order valence-electron chi connectivity index (χ4n) is 5.59. The van der Waals surface area contributed by atoms with Crippen molar-refractivity contribution in [2.45, 2.75) is 52.4 Å². The molecule has 0 aliphatic carbocycles. The number of nitrogens with zero attached hydrogens (tertiary/aromatic N) is 3. The van der Waals surface area contributed by atoms with Gasteiger partial charge < -0.3 is 4.90 Å². The summed E-state index contributed by atoms with van der Waals surface area (Å²) in [6, 6.07) is 45.3. The van der Waals surface area contributed by atoms with Crippen molar-refractivity contribution in [3.8, 4) is 33.6 Å². The minimum atomic E-state index is -0.0128. The minimum absolute atomic E-state index is 0.0128. The fourth-order valence-corrected chi connectivity index (χ4v) is 5.59. The average molecular weight is 588 g/mol. The van der Waals surface area contributed by atoms with Gasteiger partial charge in [0.15, 0.2) is 0 Å². The number of pyridine rings is 2. The third kappa shape index (κ3) is 6.73. The number of hydrogen-bond donors (Lipinski definition) is 0. The van der Waals surface area contributed by atoms with E-state index >= 15 is 0 Å². The van der Waals surface area contributed by atoms with Crippen LogP contribution in [0.4, 0.5) is 17.1 Å². The third-order valence-electron chi connectivity index (χ3n) is 8.24. The number of anilines is 3. The molecule has 3 heteroatoms. The highest BCUT2D eigenvalue weighted by molar-refractivity contribution is 5.82. The number of rotatable bonds is 6. The zero-order chi connectivity index (χ0) is 31.6. The Kier molecular flexibility index (Phi) is 8.12. The van der Waals surface area contributed by atoms with Crippen molar-refractivity contribution in [3.63, 3.8) is 0 Å². The summed E-state index contributed by atoms with van der Waals surface area (Å²) in [4.78, 5) is 11.8. The molecule has 0 atom stereocenters. The van der Waals surface area contributed by atoms with E-state index in [2.05, 4.69) is 161 Å². The number of benzene rings is 4. The second-order valence-electron chi connectivity index (χ2n) is 13.7. The molecule has 0 saturated carbocycles. The molecule has 45 heavy (non-hydrogen) atoms. The van der Waals surface area contributed by atoms with Gasteiger partial charge in [-0.1, -0.05) is 108 Å². The fraction of sp³-hybridized carbons (Fsp3) is 0.190. The smallest absolute Gasteiger partial charge is 0.0708 e. The van der Waals surface area contributed by atoms with Crippen molar-refractivity contribution in [3.05, 3.63) is 151 Å². The summed E-state index contributed by atoms with van der Waals surface area (Å²) in [7, 11) is 0. The van der Waals surface area contributed by atoms with Gasteiger partial charge in [0.25, 0.3) is 0 Å². The molecule has 224 valence electrons. The Morgan fingerprint density at radius 3 is 1.53 bits per heavy atom. The molecule has 0 aliphatic heterocycles. The maximum atomic E-state index is 4.80. The largest absolute Gasteiger partial charge is 0.310 e. The van der Waals surface area contributed by atoms with Crippen molar-refractivity contribution in [2.24, 2.45) is 0 Å². The summed E-state index contributed by atoms with van der Waals surface area (Å²) in [5.41, 5.74) is 12.2. The predicted molar refractivity (Wildman–Crippen MR) is 190 cm³/mol. The van der Waals surface area contributed by atoms with Gasteiger partial charge in [0.1, 0.15) is 0 Å². The average Bonchev–Trinajstić information content (AvgIpc) is 3.05. The first-order valence-corrected chi connectivity index (χ1v) is 15.7. The van der Waals surface area contributed by atoms with Gasteiger partial charge in [0, 0.05) is 40.6 Å². The first-order valence-electron chi connectivity index (χ1n) is 15.7. The molecule has 0 aliphatic rings. The van der Waals surface area contributed by atoms with Gasteiger partial charge in [0.2, 0.25) is 0 Å². The number of hydrogen-bond acceptors (Lipinski definition) is 3. The van der Waals surface area contributed by atoms with E-state index in [0.717, 1.165) is 45.1 Å². The molecule has 6 rings (SSSR count). The van der Waals surface area contributed by atoms with Crippen LogP contribution < -0.4 is 4.90 Å². The summed E-state index contributed by atoms with van der Waals surface area (Å²) in [6.07, 6.45) is 3.75. The van der Waals surface area contributed by atoms with Crippen LogP contribution in [0.1, 0.15) is 52.7 Å². The Morgan fingerprint density at radius 2 is 0.956 bits per heavy atom. The monoisotopic (exact) mass is 587 g/mol. The third-order valence-corrected chi connectivity index (χ3v) is 8.24. The van der Waals surface area contributed by atoms with Crippen LogP contribution in [0, 0.1) is 0 Å². The maximum absolute atomic E-state index is 4.80. The van der Waals surface area contributed by atoms with Crippen LogP contribution >= 0.6 is 0 Å². The SMILES string of the molecule is CC(C)(C)c1cc(N(c2cccc(-c3ccccn3)c2)c2cccc(-c3cc(-c4ccccc4)ccn3)c2)cc(C(C)(C)C)c1. The molecule has 0 N–H and O–H groups in total. The molecular weight excluding hydrogens is 546 g/mol. The van der Waals surface area contributed by atoms with E-state index in [4.69, 9.17) is 4.98 Å². The molecular formula is C42H41N3. The summed E-state index contributed by atoms with van der Waals surface area (Å²) in [6.45, 7) is 13.7. The van der Waals surface area contributed by atoms with Crippen molar-refractivity contribution in [1.29, 1.82) is 0 Å². The Bertz CT molecular complexity index is 1880. The van der Waals surface area contributed by atoms with E-state index in [1.165, 1.54) is 16.7 Å². The molecule has 3 nitrogen and oxygen atoms in total. The molecule has 0 spiro atoms. The van der Waals surface area contributed by atoms with E-state index in [-0.39, 0.29) is 10.8 Å². The molecule has 0 radical (unpaired) electrons. The van der Waals surface area contributed by atoms with Gasteiger partial charge in [-0.25, -0.2) is 0 Å². The van der Waals surface area contributed by atoms with Gasteiger partial charge in [-0.2, -0.15) is 0 Å². The van der Waals surface area contributed by atoms with Gasteiger partial charge in [-0.05, 0) is 93.7 Å². The van der Waals surface area contributed by atoms with Gasteiger partial charge in [-0.15, -0.1) is 0 Å². The standard InChI is InChI=1S/C42H41N3/c1-41(2,3)34-27-35(42(4,5)6)29-38(28-34)45(36-18-12-16-32(24-36)39-20-10-11-22-43-39)37-19-13-17-33(25-37)40-26-31(21-23-44-40)30-14-8-7-9-15-30/h7-29H,1-6H3. The summed E-state index contributed by atoms with van der Waals surface area (Å²) in [5.74, 6) is 0. The minimum Gasteiger partial charge on any atom is -0.310 e. The maximum Gasteiger partial charge on any atom is 0.0708 e. The lowest BCUT2D eigenvalue weighted by atomic mass is 9.80. The highest BCUT2D eigenvalue weighted by atomic mass is 15.1. The second kappa shape index (κ2) is 12.2. The van der Waals surface area contributed by atoms with E-state index < -0.39 is 0 Å². The van der Waals surface area contributed by atoms with Crippen molar-refractivity contribution < 1.29 is 0 Å². The van der Waals surface area contributed by atoms with Crippen molar-refractivity contribution in [1.82, 2.24) is 9.97 Å². The summed E-state index contributed by atoms with van der Waals surface area (Å²) >= 11 is 0. The number of aromatic nitrogens is 2. The van der Waals surface area contributed by atoms with E-state index in [1.54, 1.807) is 0 Å². The first-order chi connectivity index (χ1) is 21.6. The van der Waals surface area contributed by atoms with Gasteiger partial charge in [0.05, 0.1) is 11.4 Å². The van der Waals surface area contributed by atoms with Crippen LogP contribution in [0.5, 0.6) is 0 Å². The Labute approximate surface area is 268 Å². The highest BCUT2D eigenvalue weighted by Gasteiger charge is 2.24. The summed E-state index contributed by atoms with van der Waals surface area (Å²) in [5, 5.41) is 0. The predicted octanol–water partition coefficient (Wildman–Crippen LogP) is 11.5. The molecule has 0 unspecified atom stereocenters. The Morgan fingerprint density at radius 1 is 0.400 bits per heavy atom. The molecule has 2 aromatic heterocycles. The molecule has 2 heterocycles. The Hall–Kier alpha value is -5.02. The van der Waals surface area contributed by atoms with Gasteiger partial charge >= 0.3 is 0 Å². The van der Waals surface area contributed by atoms with Crippen LogP contribution in [-0.2, 0) is 10.8 Å². The van der Waals surface area contributed by atoms with Gasteiger partial charge in [-0.3, -0.25) is 9.97 Å². The first kappa shape index (κ1) is 30.0. The van der Waals surface area contributed by atoms with Crippen LogP contribution in [0.25, 0.3) is 33.6 Å². The molecule has 0 amide bonds. The molecule has 4 aromatic carbocycles. The van der Waals surface area contributed by atoms with Crippen LogP contribution in [0.2, 0.25) is 0 Å². The lowest BCUT2D eigenvalue weighted by Gasteiger charge is -2.31. The zero-order valence-corrected chi connectivity index (χ0v) is 27.1. The quantitative estimate of drug-likeness (QED) is 0.194. The molecule has 0 fully saturated rings. The lowest BCUT2D eigenvalue weighted by molar-refractivity contribution is 0.569. The van der Waals surface area contributed by atoms with E-state index in [1.807, 2.05) is 30.6 Å². The topological polar surface area (TPSA) is 29.0 Å². The lowest BCUT2D eigenvalue weighted by Crippen LogP contribution is -2.19. The highest BCUT2D eigenvalue weighted by Crippen LogP contribution is 2.41. The second-order valence-corrected chi connectivity index (χ2v) is 13.7. The normalized spacial score (nSPS) is 11.8. The van der Waals surface area contributed by atoms with Crippen LogP contribution in [0.15, 0.2) is 140 Å². The molecule has 0 saturated heterocycles. The van der Waals surface area contributed by atoms with E-state index in [9.17, 15) is 0 Å². The van der Waals surface area contributed by atoms with Crippen LogP contribution in [0.3, 0.4) is 0 Å². The van der Waals surface area contributed by atoms with Crippen LogP contribution in [-0.4, -0.2) is 9.97 Å². The van der Waals surface area contributed by atoms with Crippen molar-refractivity contribution >= 4 is 17.1 Å². The van der Waals surface area contributed by atoms with E-state index in [0.29, 0.717) is 0 Å². The van der Waals surface area contributed by atoms with Crippen molar-refractivity contribution in [2.75, 3.05) is 4.90 Å². The Balaban J connectivity index is 1.54. The molecule has 0 bridgehead atoms.